The maximum atomic E-state index is 13.1. The van der Waals surface area contributed by atoms with Gasteiger partial charge in [-0.15, -0.1) is 11.3 Å². The zero-order valence-electron chi connectivity index (χ0n) is 10.6. The third-order valence-corrected chi connectivity index (χ3v) is 5.94. The Hall–Kier alpha value is -1.45. The van der Waals surface area contributed by atoms with Gasteiger partial charge in [0.2, 0.25) is 0 Å². The molecular weight excluding hydrogens is 385 g/mol. The number of anilines is 1. The molecule has 2 N–H and O–H groups in total. The number of halogens is 2. The Balaban J connectivity index is 2.45. The van der Waals surface area contributed by atoms with Gasteiger partial charge in [-0.2, -0.15) is 0 Å². The number of hydrogen-bond acceptors (Lipinski definition) is 4. The van der Waals surface area contributed by atoms with Crippen LogP contribution in [0.15, 0.2) is 32.9 Å². The van der Waals surface area contributed by atoms with Gasteiger partial charge in [0.05, 0.1) is 10.2 Å². The summed E-state index contributed by atoms with van der Waals surface area (Å²) in [5, 5.41) is 10.5. The normalized spacial score (nSPS) is 11.4. The first-order valence-corrected chi connectivity index (χ1v) is 8.67. The monoisotopic (exact) mass is 393 g/mol. The highest BCUT2D eigenvalue weighted by Crippen LogP contribution is 2.29. The SMILES string of the molecule is Cc1csc(C(=O)O)c1S(=O)(=O)Nc1ccc(F)c(Br)c1. The van der Waals surface area contributed by atoms with Gasteiger partial charge in [0.15, 0.2) is 0 Å². The summed E-state index contributed by atoms with van der Waals surface area (Å²) in [6.07, 6.45) is 0. The first-order valence-electron chi connectivity index (χ1n) is 5.51. The number of aromatic carboxylic acids is 1. The molecule has 1 heterocycles. The van der Waals surface area contributed by atoms with E-state index in [1.807, 2.05) is 0 Å². The van der Waals surface area contributed by atoms with Crippen molar-refractivity contribution in [2.24, 2.45) is 0 Å². The average molecular weight is 394 g/mol. The Morgan fingerprint density at radius 3 is 2.67 bits per heavy atom. The van der Waals surface area contributed by atoms with Crippen molar-refractivity contribution >= 4 is 48.9 Å². The van der Waals surface area contributed by atoms with Gasteiger partial charge in [-0.05, 0) is 52.0 Å². The standard InChI is InChI=1S/C12H9BrFNO4S2/c1-6-5-20-10(12(16)17)11(6)21(18,19)15-7-2-3-9(14)8(13)4-7/h2-5,15H,1H3,(H,16,17). The Morgan fingerprint density at radius 1 is 1.43 bits per heavy atom. The van der Waals surface area contributed by atoms with E-state index in [4.69, 9.17) is 5.11 Å². The molecule has 2 aromatic rings. The number of nitrogens with one attached hydrogen (secondary N) is 1. The van der Waals surface area contributed by atoms with Crippen LogP contribution in [0.2, 0.25) is 0 Å². The first kappa shape index (κ1) is 15.9. The van der Waals surface area contributed by atoms with E-state index in [1.54, 1.807) is 0 Å². The molecule has 0 amide bonds. The molecule has 0 spiro atoms. The molecule has 0 radical (unpaired) electrons. The maximum absolute atomic E-state index is 13.1. The first-order chi connectivity index (χ1) is 9.72. The zero-order valence-corrected chi connectivity index (χ0v) is 13.8. The molecule has 1 aromatic carbocycles. The molecule has 0 saturated heterocycles. The molecule has 0 bridgehead atoms. The summed E-state index contributed by atoms with van der Waals surface area (Å²) >= 11 is 3.79. The minimum atomic E-state index is -4.07. The van der Waals surface area contributed by atoms with Gasteiger partial charge in [-0.1, -0.05) is 0 Å². The summed E-state index contributed by atoms with van der Waals surface area (Å²) in [6, 6.07) is 3.61. The van der Waals surface area contributed by atoms with Crippen LogP contribution in [0, 0.1) is 12.7 Å². The molecule has 0 aliphatic rings. The summed E-state index contributed by atoms with van der Waals surface area (Å²) in [4.78, 5) is 10.6. The average Bonchev–Trinajstić information content (AvgIpc) is 2.76. The molecule has 21 heavy (non-hydrogen) atoms. The summed E-state index contributed by atoms with van der Waals surface area (Å²) in [5.41, 5.74) is 0.469. The lowest BCUT2D eigenvalue weighted by atomic mass is 10.3. The second-order valence-corrected chi connectivity index (χ2v) is 7.47. The fourth-order valence-electron chi connectivity index (χ4n) is 1.68. The van der Waals surface area contributed by atoms with Crippen LogP contribution in [0.25, 0.3) is 0 Å². The summed E-state index contributed by atoms with van der Waals surface area (Å²) in [7, 11) is -4.07. The van der Waals surface area contributed by atoms with Crippen molar-refractivity contribution in [3.8, 4) is 0 Å². The zero-order chi connectivity index (χ0) is 15.8. The number of sulfonamides is 1. The van der Waals surface area contributed by atoms with Crippen molar-refractivity contribution in [3.63, 3.8) is 0 Å². The van der Waals surface area contributed by atoms with Crippen molar-refractivity contribution in [2.45, 2.75) is 11.8 Å². The Morgan fingerprint density at radius 2 is 2.10 bits per heavy atom. The van der Waals surface area contributed by atoms with Gasteiger partial charge in [0, 0.05) is 0 Å². The number of carboxylic acid groups (broad SMARTS) is 1. The van der Waals surface area contributed by atoms with Gasteiger partial charge in [0.1, 0.15) is 15.6 Å². The van der Waals surface area contributed by atoms with Crippen LogP contribution in [-0.4, -0.2) is 19.5 Å². The van der Waals surface area contributed by atoms with Gasteiger partial charge in [0.25, 0.3) is 10.0 Å². The van der Waals surface area contributed by atoms with Crippen molar-refractivity contribution in [2.75, 3.05) is 4.72 Å². The van der Waals surface area contributed by atoms with Crippen LogP contribution in [0.1, 0.15) is 15.2 Å². The third-order valence-electron chi connectivity index (χ3n) is 2.55. The van der Waals surface area contributed by atoms with E-state index in [0.717, 1.165) is 17.4 Å². The number of aryl methyl sites for hydroxylation is 1. The highest BCUT2D eigenvalue weighted by Gasteiger charge is 2.27. The quantitative estimate of drug-likeness (QED) is 0.832. The van der Waals surface area contributed by atoms with E-state index in [-0.39, 0.29) is 19.9 Å². The topological polar surface area (TPSA) is 83.5 Å². The van der Waals surface area contributed by atoms with E-state index in [2.05, 4.69) is 20.7 Å². The predicted molar refractivity (Wildman–Crippen MR) is 80.9 cm³/mol. The van der Waals surface area contributed by atoms with Crippen molar-refractivity contribution < 1.29 is 22.7 Å². The van der Waals surface area contributed by atoms with Crippen molar-refractivity contribution in [1.82, 2.24) is 0 Å². The molecule has 0 fully saturated rings. The second-order valence-electron chi connectivity index (χ2n) is 4.12. The van der Waals surface area contributed by atoms with Crippen LogP contribution in [0.3, 0.4) is 0 Å². The molecule has 1 aromatic heterocycles. The van der Waals surface area contributed by atoms with Crippen molar-refractivity contribution in [1.29, 1.82) is 0 Å². The minimum Gasteiger partial charge on any atom is -0.477 e. The molecule has 112 valence electrons. The fourth-order valence-corrected chi connectivity index (χ4v) is 4.74. The van der Waals surface area contributed by atoms with E-state index < -0.39 is 21.8 Å². The smallest absolute Gasteiger partial charge is 0.347 e. The number of rotatable bonds is 4. The van der Waals surface area contributed by atoms with Crippen molar-refractivity contribution in [3.05, 3.63) is 44.3 Å². The van der Waals surface area contributed by atoms with E-state index >= 15 is 0 Å². The minimum absolute atomic E-state index is 0.100. The second kappa shape index (κ2) is 5.74. The number of thiophene rings is 1. The van der Waals surface area contributed by atoms with E-state index in [9.17, 15) is 17.6 Å². The summed E-state index contributed by atoms with van der Waals surface area (Å²) in [5.74, 6) is -1.84. The van der Waals surface area contributed by atoms with Gasteiger partial charge in [-0.3, -0.25) is 4.72 Å². The summed E-state index contributed by atoms with van der Waals surface area (Å²) in [6.45, 7) is 1.51. The Labute approximate surface area is 132 Å². The molecule has 0 unspecified atom stereocenters. The highest BCUT2D eigenvalue weighted by molar-refractivity contribution is 9.10. The lowest BCUT2D eigenvalue weighted by Crippen LogP contribution is -2.16. The largest absolute Gasteiger partial charge is 0.477 e. The third kappa shape index (κ3) is 3.25. The molecule has 2 rings (SSSR count). The molecule has 0 aliphatic carbocycles. The van der Waals surface area contributed by atoms with Crippen LogP contribution in [-0.2, 0) is 10.0 Å². The van der Waals surface area contributed by atoms with Crippen LogP contribution < -0.4 is 4.72 Å². The van der Waals surface area contributed by atoms with Crippen LogP contribution >= 0.6 is 27.3 Å². The lowest BCUT2D eigenvalue weighted by Gasteiger charge is -2.09. The molecule has 0 atom stereocenters. The Kier molecular flexibility index (Phi) is 4.35. The molecule has 5 nitrogen and oxygen atoms in total. The van der Waals surface area contributed by atoms with E-state index in [1.165, 1.54) is 24.4 Å². The van der Waals surface area contributed by atoms with Crippen LogP contribution in [0.5, 0.6) is 0 Å². The Bertz CT molecular complexity index is 817. The summed E-state index contributed by atoms with van der Waals surface area (Å²) < 4.78 is 40.1. The maximum Gasteiger partial charge on any atom is 0.347 e. The molecule has 9 heteroatoms. The highest BCUT2D eigenvalue weighted by atomic mass is 79.9. The number of carbonyl (C=O) groups is 1. The molecule has 0 aliphatic heterocycles. The molecule has 0 saturated carbocycles. The number of hydrogen-bond donors (Lipinski definition) is 2. The lowest BCUT2D eigenvalue weighted by molar-refractivity contribution is 0.0698. The number of benzene rings is 1. The van der Waals surface area contributed by atoms with Gasteiger partial charge >= 0.3 is 5.97 Å². The van der Waals surface area contributed by atoms with Crippen LogP contribution in [0.4, 0.5) is 10.1 Å². The number of carboxylic acids is 1. The predicted octanol–water partition coefficient (Wildman–Crippen LogP) is 3.46. The van der Waals surface area contributed by atoms with E-state index in [0.29, 0.717) is 5.56 Å². The van der Waals surface area contributed by atoms with Gasteiger partial charge < -0.3 is 5.11 Å². The fraction of sp³-hybridized carbons (Fsp3) is 0.0833. The molecular formula is C12H9BrFNO4S2. The van der Waals surface area contributed by atoms with Gasteiger partial charge in [-0.25, -0.2) is 17.6 Å².